The van der Waals surface area contributed by atoms with Crippen molar-refractivity contribution in [2.45, 2.75) is 5.16 Å². The third-order valence-corrected chi connectivity index (χ3v) is 3.79. The van der Waals surface area contributed by atoms with Crippen molar-refractivity contribution in [3.05, 3.63) is 24.3 Å². The number of thioether (sulfide) groups is 1. The molecule has 6 nitrogen and oxygen atoms in total. The highest BCUT2D eigenvalue weighted by molar-refractivity contribution is 7.99. The molecule has 0 aliphatic heterocycles. The van der Waals surface area contributed by atoms with Crippen LogP contribution in [0.2, 0.25) is 0 Å². The van der Waals surface area contributed by atoms with Crippen LogP contribution in [0.4, 0.5) is 5.69 Å². The zero-order valence-electron chi connectivity index (χ0n) is 11.6. The number of nitrogens with zero attached hydrogens (tertiary/aromatic N) is 4. The topological polar surface area (TPSA) is 71.2 Å². The third-order valence-electron chi connectivity index (χ3n) is 2.78. The lowest BCUT2D eigenvalue weighted by molar-refractivity contribution is -0.133. The highest BCUT2D eigenvalue weighted by Gasteiger charge is 2.13. The summed E-state index contributed by atoms with van der Waals surface area (Å²) in [6, 6.07) is 7.96. The Morgan fingerprint density at radius 2 is 2.15 bits per heavy atom. The highest BCUT2D eigenvalue weighted by Crippen LogP contribution is 2.25. The average molecular weight is 292 g/mol. The Morgan fingerprint density at radius 3 is 2.80 bits per heavy atom. The van der Waals surface area contributed by atoms with Crippen LogP contribution >= 0.6 is 11.8 Å². The van der Waals surface area contributed by atoms with Crippen molar-refractivity contribution in [2.75, 3.05) is 24.7 Å². The van der Waals surface area contributed by atoms with Gasteiger partial charge in [0.2, 0.25) is 0 Å². The first-order valence-corrected chi connectivity index (χ1v) is 6.99. The van der Waals surface area contributed by atoms with E-state index in [0.29, 0.717) is 5.16 Å². The van der Waals surface area contributed by atoms with Gasteiger partial charge in [-0.25, -0.2) is 0 Å². The molecule has 0 atom stereocenters. The molecule has 2 aromatic rings. The Hall–Kier alpha value is -2.02. The van der Waals surface area contributed by atoms with Gasteiger partial charge < -0.3 is 14.6 Å². The van der Waals surface area contributed by atoms with Crippen LogP contribution in [0.1, 0.15) is 0 Å². The fourth-order valence-corrected chi connectivity index (χ4v) is 2.37. The monoisotopic (exact) mass is 292 g/mol. The number of aliphatic carboxylic acids is 1. The molecule has 106 valence electrons. The lowest BCUT2D eigenvalue weighted by Gasteiger charge is -2.13. The van der Waals surface area contributed by atoms with Crippen LogP contribution < -0.4 is 4.90 Å². The van der Waals surface area contributed by atoms with Gasteiger partial charge in [-0.3, -0.25) is 4.79 Å². The molecule has 2 rings (SSSR count). The molecular formula is C13H16N4O2S. The van der Waals surface area contributed by atoms with E-state index in [1.54, 1.807) is 0 Å². The summed E-state index contributed by atoms with van der Waals surface area (Å²) in [5.74, 6) is -0.167. The van der Waals surface area contributed by atoms with Gasteiger partial charge in [0.05, 0.1) is 5.75 Å². The van der Waals surface area contributed by atoms with Crippen LogP contribution in [0.15, 0.2) is 29.4 Å². The van der Waals surface area contributed by atoms with Gasteiger partial charge in [0.15, 0.2) is 11.0 Å². The first-order valence-electron chi connectivity index (χ1n) is 6.01. The molecule has 0 saturated carbocycles. The summed E-state index contributed by atoms with van der Waals surface area (Å²) in [6.07, 6.45) is 0. The molecule has 20 heavy (non-hydrogen) atoms. The van der Waals surface area contributed by atoms with E-state index in [2.05, 4.69) is 10.2 Å². The van der Waals surface area contributed by atoms with E-state index in [1.165, 1.54) is 0 Å². The number of carboxylic acid groups (broad SMARTS) is 1. The van der Waals surface area contributed by atoms with E-state index in [1.807, 2.05) is 54.9 Å². The predicted molar refractivity (Wildman–Crippen MR) is 79.1 cm³/mol. The summed E-state index contributed by atoms with van der Waals surface area (Å²) < 4.78 is 1.81. The molecule has 0 spiro atoms. The summed E-state index contributed by atoms with van der Waals surface area (Å²) in [6.45, 7) is 0. The van der Waals surface area contributed by atoms with Gasteiger partial charge in [-0.2, -0.15) is 0 Å². The maximum absolute atomic E-state index is 10.6. The van der Waals surface area contributed by atoms with E-state index >= 15 is 0 Å². The summed E-state index contributed by atoms with van der Waals surface area (Å²) in [4.78, 5) is 12.6. The molecule has 0 bridgehead atoms. The molecular weight excluding hydrogens is 276 g/mol. The normalized spacial score (nSPS) is 10.6. The van der Waals surface area contributed by atoms with E-state index in [9.17, 15) is 4.79 Å². The zero-order valence-corrected chi connectivity index (χ0v) is 12.4. The van der Waals surface area contributed by atoms with Crippen molar-refractivity contribution in [2.24, 2.45) is 7.05 Å². The maximum Gasteiger partial charge on any atom is 0.313 e. The number of carbonyl (C=O) groups is 1. The van der Waals surface area contributed by atoms with Gasteiger partial charge in [-0.05, 0) is 12.1 Å². The molecule has 1 heterocycles. The third kappa shape index (κ3) is 3.11. The van der Waals surface area contributed by atoms with Crippen molar-refractivity contribution in [3.63, 3.8) is 0 Å². The Morgan fingerprint density at radius 1 is 1.40 bits per heavy atom. The Kier molecular flexibility index (Phi) is 4.29. The SMILES string of the molecule is CN(C)c1cccc(-c2nnc(SCC(=O)O)n2C)c1. The van der Waals surface area contributed by atoms with Gasteiger partial charge in [0.1, 0.15) is 0 Å². The molecule has 0 amide bonds. The van der Waals surface area contributed by atoms with Crippen LogP contribution in [0, 0.1) is 0 Å². The second-order valence-corrected chi connectivity index (χ2v) is 5.43. The summed E-state index contributed by atoms with van der Waals surface area (Å²) in [7, 11) is 5.79. The zero-order chi connectivity index (χ0) is 14.7. The van der Waals surface area contributed by atoms with Crippen molar-refractivity contribution in [1.82, 2.24) is 14.8 Å². The smallest absolute Gasteiger partial charge is 0.313 e. The molecule has 1 aromatic heterocycles. The fraction of sp³-hybridized carbons (Fsp3) is 0.308. The van der Waals surface area contributed by atoms with Gasteiger partial charge in [-0.15, -0.1) is 10.2 Å². The lowest BCUT2D eigenvalue weighted by Crippen LogP contribution is -2.08. The largest absolute Gasteiger partial charge is 0.481 e. The number of carboxylic acids is 1. The molecule has 0 aliphatic rings. The van der Waals surface area contributed by atoms with Crippen molar-refractivity contribution in [3.8, 4) is 11.4 Å². The average Bonchev–Trinajstić information content (AvgIpc) is 2.78. The number of hydrogen-bond donors (Lipinski definition) is 1. The molecule has 0 aliphatic carbocycles. The number of aromatic nitrogens is 3. The van der Waals surface area contributed by atoms with Gasteiger partial charge in [0, 0.05) is 32.4 Å². The van der Waals surface area contributed by atoms with E-state index in [-0.39, 0.29) is 5.75 Å². The standard InChI is InChI=1S/C13H16N4O2S/c1-16(2)10-6-4-5-9(7-10)12-14-15-13(17(12)3)20-8-11(18)19/h4-7H,8H2,1-3H3,(H,18,19). The lowest BCUT2D eigenvalue weighted by atomic mass is 10.2. The van der Waals surface area contributed by atoms with Crippen molar-refractivity contribution in [1.29, 1.82) is 0 Å². The van der Waals surface area contributed by atoms with Gasteiger partial charge in [0.25, 0.3) is 0 Å². The minimum absolute atomic E-state index is 0.0241. The van der Waals surface area contributed by atoms with Gasteiger partial charge >= 0.3 is 5.97 Å². The molecule has 7 heteroatoms. The fourth-order valence-electron chi connectivity index (χ4n) is 1.74. The number of benzene rings is 1. The van der Waals surface area contributed by atoms with Crippen LogP contribution in [0.25, 0.3) is 11.4 Å². The molecule has 1 N–H and O–H groups in total. The first-order chi connectivity index (χ1) is 9.49. The van der Waals surface area contributed by atoms with Crippen LogP contribution in [0.3, 0.4) is 0 Å². The van der Waals surface area contributed by atoms with E-state index in [0.717, 1.165) is 28.8 Å². The number of hydrogen-bond acceptors (Lipinski definition) is 5. The summed E-state index contributed by atoms with van der Waals surface area (Å²) in [5.41, 5.74) is 2.03. The summed E-state index contributed by atoms with van der Waals surface area (Å²) >= 11 is 1.16. The van der Waals surface area contributed by atoms with Crippen LogP contribution in [-0.2, 0) is 11.8 Å². The molecule has 0 radical (unpaired) electrons. The predicted octanol–water partition coefficient (Wildman–Crippen LogP) is 1.72. The van der Waals surface area contributed by atoms with Crippen LogP contribution in [-0.4, -0.2) is 45.7 Å². The maximum atomic E-state index is 10.6. The second kappa shape index (κ2) is 5.96. The van der Waals surface area contributed by atoms with Gasteiger partial charge in [-0.1, -0.05) is 23.9 Å². The highest BCUT2D eigenvalue weighted by atomic mass is 32.2. The Balaban J connectivity index is 2.29. The van der Waals surface area contributed by atoms with Crippen molar-refractivity contribution < 1.29 is 9.90 Å². The quantitative estimate of drug-likeness (QED) is 0.846. The summed E-state index contributed by atoms with van der Waals surface area (Å²) in [5, 5.41) is 17.5. The number of rotatable bonds is 5. The van der Waals surface area contributed by atoms with E-state index in [4.69, 9.17) is 5.11 Å². The number of anilines is 1. The Labute approximate surface area is 121 Å². The second-order valence-electron chi connectivity index (χ2n) is 4.49. The van der Waals surface area contributed by atoms with Crippen LogP contribution in [0.5, 0.6) is 0 Å². The Bertz CT molecular complexity index is 625. The minimum atomic E-state index is -0.867. The molecule has 0 fully saturated rings. The van der Waals surface area contributed by atoms with Crippen molar-refractivity contribution >= 4 is 23.4 Å². The minimum Gasteiger partial charge on any atom is -0.481 e. The molecule has 1 aromatic carbocycles. The molecule has 0 saturated heterocycles. The first kappa shape index (κ1) is 14.4. The molecule has 0 unspecified atom stereocenters. The van der Waals surface area contributed by atoms with E-state index < -0.39 is 5.97 Å².